The van der Waals surface area contributed by atoms with Crippen molar-refractivity contribution < 1.29 is 14.3 Å². The molecule has 2 rings (SSSR count). The van der Waals surface area contributed by atoms with Gasteiger partial charge in [0.15, 0.2) is 5.76 Å². The van der Waals surface area contributed by atoms with Gasteiger partial charge in [-0.2, -0.15) is 0 Å². The van der Waals surface area contributed by atoms with Crippen molar-refractivity contribution in [1.82, 2.24) is 4.90 Å². The number of furan rings is 1. The Hall–Kier alpha value is -1.29. The van der Waals surface area contributed by atoms with Gasteiger partial charge in [-0.25, -0.2) is 0 Å². The van der Waals surface area contributed by atoms with E-state index < -0.39 is 0 Å². The van der Waals surface area contributed by atoms with Gasteiger partial charge in [0.2, 0.25) is 0 Å². The number of nitrogens with zero attached hydrogens (tertiary/aromatic N) is 1. The van der Waals surface area contributed by atoms with Crippen molar-refractivity contribution in [3.63, 3.8) is 0 Å². The number of hydrogen-bond acceptors (Lipinski definition) is 3. The first-order chi connectivity index (χ1) is 8.99. The van der Waals surface area contributed by atoms with E-state index in [-0.39, 0.29) is 17.9 Å². The fraction of sp³-hybridized carbons (Fsp3) is 0.667. The van der Waals surface area contributed by atoms with Crippen molar-refractivity contribution in [3.05, 3.63) is 23.2 Å². The number of aryl methyl sites for hydroxylation is 2. The van der Waals surface area contributed by atoms with Crippen molar-refractivity contribution in [3.8, 4) is 0 Å². The molecule has 19 heavy (non-hydrogen) atoms. The van der Waals surface area contributed by atoms with Crippen LogP contribution in [-0.2, 0) is 0 Å². The van der Waals surface area contributed by atoms with E-state index in [1.165, 1.54) is 0 Å². The SMILES string of the molecule is Cc1cc(C(=O)N(C)CC2CCCCC2O)oc1C. The third-order valence-electron chi connectivity index (χ3n) is 4.10. The first kappa shape index (κ1) is 14.1. The largest absolute Gasteiger partial charge is 0.456 e. The van der Waals surface area contributed by atoms with Crippen LogP contribution in [0, 0.1) is 19.8 Å². The quantitative estimate of drug-likeness (QED) is 0.913. The molecule has 4 nitrogen and oxygen atoms in total. The van der Waals surface area contributed by atoms with Crippen LogP contribution < -0.4 is 0 Å². The molecule has 2 atom stereocenters. The molecule has 1 aromatic rings. The van der Waals surface area contributed by atoms with E-state index in [2.05, 4.69) is 0 Å². The third-order valence-corrected chi connectivity index (χ3v) is 4.10. The Labute approximate surface area is 114 Å². The van der Waals surface area contributed by atoms with E-state index in [4.69, 9.17) is 4.42 Å². The summed E-state index contributed by atoms with van der Waals surface area (Å²) in [4.78, 5) is 13.9. The Balaban J connectivity index is 1.99. The number of carbonyl (C=O) groups excluding carboxylic acids is 1. The maximum absolute atomic E-state index is 12.2. The van der Waals surface area contributed by atoms with Gasteiger partial charge in [-0.1, -0.05) is 12.8 Å². The lowest BCUT2D eigenvalue weighted by atomic mass is 9.86. The molecule has 1 aliphatic rings. The van der Waals surface area contributed by atoms with Gasteiger partial charge in [0.05, 0.1) is 6.10 Å². The van der Waals surface area contributed by atoms with Crippen LogP contribution in [0.1, 0.15) is 47.6 Å². The molecule has 106 valence electrons. The summed E-state index contributed by atoms with van der Waals surface area (Å²) in [6, 6.07) is 1.78. The molecule has 1 aromatic heterocycles. The average molecular weight is 265 g/mol. The molecule has 0 spiro atoms. The normalized spacial score (nSPS) is 23.4. The fourth-order valence-electron chi connectivity index (χ4n) is 2.70. The maximum Gasteiger partial charge on any atom is 0.289 e. The fourth-order valence-corrected chi connectivity index (χ4v) is 2.70. The molecule has 0 bridgehead atoms. The standard InChI is InChI=1S/C15H23NO3/c1-10-8-14(19-11(10)2)15(18)16(3)9-12-6-4-5-7-13(12)17/h8,12-13,17H,4-7,9H2,1-3H3. The molecule has 1 fully saturated rings. The zero-order chi connectivity index (χ0) is 14.0. The number of rotatable bonds is 3. The van der Waals surface area contributed by atoms with Crippen LogP contribution >= 0.6 is 0 Å². The Morgan fingerprint density at radius 3 is 2.68 bits per heavy atom. The van der Waals surface area contributed by atoms with Crippen LogP contribution in [0.4, 0.5) is 0 Å². The minimum Gasteiger partial charge on any atom is -0.456 e. The zero-order valence-corrected chi connectivity index (χ0v) is 12.0. The van der Waals surface area contributed by atoms with Crippen molar-refractivity contribution in [2.75, 3.05) is 13.6 Å². The van der Waals surface area contributed by atoms with Gasteiger partial charge in [-0.05, 0) is 38.3 Å². The lowest BCUT2D eigenvalue weighted by Crippen LogP contribution is -2.37. The number of aliphatic hydroxyl groups is 1. The molecular formula is C15H23NO3. The highest BCUT2D eigenvalue weighted by atomic mass is 16.4. The summed E-state index contributed by atoms with van der Waals surface area (Å²) in [5, 5.41) is 9.96. The highest BCUT2D eigenvalue weighted by Crippen LogP contribution is 2.25. The molecule has 1 N–H and O–H groups in total. The molecule has 2 unspecified atom stereocenters. The number of aliphatic hydroxyl groups excluding tert-OH is 1. The lowest BCUT2D eigenvalue weighted by molar-refractivity contribution is 0.0436. The zero-order valence-electron chi connectivity index (χ0n) is 12.0. The number of carbonyl (C=O) groups is 1. The second kappa shape index (κ2) is 5.78. The first-order valence-electron chi connectivity index (χ1n) is 6.99. The third kappa shape index (κ3) is 3.18. The number of amides is 1. The number of hydrogen-bond donors (Lipinski definition) is 1. The van der Waals surface area contributed by atoms with Crippen molar-refractivity contribution in [2.24, 2.45) is 5.92 Å². The van der Waals surface area contributed by atoms with E-state index in [0.717, 1.165) is 37.0 Å². The van der Waals surface area contributed by atoms with Crippen molar-refractivity contribution >= 4 is 5.91 Å². The van der Waals surface area contributed by atoms with E-state index >= 15 is 0 Å². The van der Waals surface area contributed by atoms with Crippen molar-refractivity contribution in [1.29, 1.82) is 0 Å². The first-order valence-corrected chi connectivity index (χ1v) is 6.99. The van der Waals surface area contributed by atoms with Crippen LogP contribution in [0.2, 0.25) is 0 Å². The predicted molar refractivity (Wildman–Crippen MR) is 73.1 cm³/mol. The summed E-state index contributed by atoms with van der Waals surface area (Å²) in [5.41, 5.74) is 0.995. The highest BCUT2D eigenvalue weighted by molar-refractivity contribution is 5.91. The molecule has 0 aromatic carbocycles. The second-order valence-corrected chi connectivity index (χ2v) is 5.65. The van der Waals surface area contributed by atoms with Gasteiger partial charge in [0, 0.05) is 19.5 Å². The highest BCUT2D eigenvalue weighted by Gasteiger charge is 2.26. The summed E-state index contributed by atoms with van der Waals surface area (Å²) in [6.45, 7) is 4.39. The molecule has 0 saturated heterocycles. The summed E-state index contributed by atoms with van der Waals surface area (Å²) in [6.07, 6.45) is 3.80. The summed E-state index contributed by atoms with van der Waals surface area (Å²) < 4.78 is 5.46. The van der Waals surface area contributed by atoms with Crippen molar-refractivity contribution in [2.45, 2.75) is 45.6 Å². The predicted octanol–water partition coefficient (Wildman–Crippen LogP) is 2.52. The molecule has 4 heteroatoms. The molecule has 1 heterocycles. The Morgan fingerprint density at radius 1 is 1.42 bits per heavy atom. The molecule has 0 radical (unpaired) electrons. The smallest absolute Gasteiger partial charge is 0.289 e. The van der Waals surface area contributed by atoms with Gasteiger partial charge in [0.1, 0.15) is 5.76 Å². The van der Waals surface area contributed by atoms with Gasteiger partial charge >= 0.3 is 0 Å². The van der Waals surface area contributed by atoms with E-state index in [0.29, 0.717) is 12.3 Å². The van der Waals surface area contributed by atoms with Crippen LogP contribution in [0.5, 0.6) is 0 Å². The Morgan fingerprint density at radius 2 is 2.11 bits per heavy atom. The molecule has 1 saturated carbocycles. The van der Waals surface area contributed by atoms with Gasteiger partial charge in [-0.3, -0.25) is 4.79 Å². The van der Waals surface area contributed by atoms with E-state index in [9.17, 15) is 9.90 Å². The van der Waals surface area contributed by atoms with Gasteiger partial charge in [-0.15, -0.1) is 0 Å². The second-order valence-electron chi connectivity index (χ2n) is 5.65. The van der Waals surface area contributed by atoms with Crippen LogP contribution in [0.3, 0.4) is 0 Å². The minimum atomic E-state index is -0.274. The monoisotopic (exact) mass is 265 g/mol. The Bertz CT molecular complexity index is 433. The van der Waals surface area contributed by atoms with Crippen LogP contribution in [0.15, 0.2) is 10.5 Å². The summed E-state index contributed by atoms with van der Waals surface area (Å²) >= 11 is 0. The van der Waals surface area contributed by atoms with Crippen LogP contribution in [0.25, 0.3) is 0 Å². The minimum absolute atomic E-state index is 0.103. The maximum atomic E-state index is 12.2. The Kier molecular flexibility index (Phi) is 4.30. The molecule has 1 amide bonds. The summed E-state index contributed by atoms with van der Waals surface area (Å²) in [7, 11) is 1.77. The van der Waals surface area contributed by atoms with Crippen LogP contribution in [-0.4, -0.2) is 35.6 Å². The lowest BCUT2D eigenvalue weighted by Gasteiger charge is -2.30. The van der Waals surface area contributed by atoms with Gasteiger partial charge < -0.3 is 14.4 Å². The van der Waals surface area contributed by atoms with E-state index in [1.54, 1.807) is 18.0 Å². The molecule has 0 aliphatic heterocycles. The molecule has 1 aliphatic carbocycles. The molecular weight excluding hydrogens is 242 g/mol. The van der Waals surface area contributed by atoms with Gasteiger partial charge in [0.25, 0.3) is 5.91 Å². The summed E-state index contributed by atoms with van der Waals surface area (Å²) in [5.74, 6) is 1.27. The average Bonchev–Trinajstić information content (AvgIpc) is 2.71. The van der Waals surface area contributed by atoms with E-state index in [1.807, 2.05) is 13.8 Å². The topological polar surface area (TPSA) is 53.7 Å².